The van der Waals surface area contributed by atoms with Gasteiger partial charge in [0, 0.05) is 44.8 Å². The second-order valence-corrected chi connectivity index (χ2v) is 13.3. The van der Waals surface area contributed by atoms with Crippen molar-refractivity contribution in [1.82, 2.24) is 35.5 Å². The number of alkyl carbamates (subject to hydrolysis) is 1. The molecule has 0 spiro atoms. The highest BCUT2D eigenvalue weighted by Gasteiger charge is 2.39. The minimum absolute atomic E-state index is 0.0592. The third kappa shape index (κ3) is 7.68. The van der Waals surface area contributed by atoms with Crippen LogP contribution in [0.5, 0.6) is 5.75 Å². The van der Waals surface area contributed by atoms with E-state index < -0.39 is 41.1 Å². The van der Waals surface area contributed by atoms with Gasteiger partial charge in [0.05, 0.1) is 37.2 Å². The molecule has 1 aromatic carbocycles. The van der Waals surface area contributed by atoms with Gasteiger partial charge in [0.15, 0.2) is 17.4 Å². The van der Waals surface area contributed by atoms with E-state index in [1.165, 1.54) is 0 Å². The van der Waals surface area contributed by atoms with Gasteiger partial charge in [-0.1, -0.05) is 5.10 Å². The van der Waals surface area contributed by atoms with Crippen LogP contribution in [0.1, 0.15) is 64.5 Å². The van der Waals surface area contributed by atoms with Crippen LogP contribution in [0, 0.1) is 23.4 Å². The number of tetrazole rings is 1. The monoisotopic (exact) mass is 659 g/mol. The number of ether oxygens (including phenoxy) is 3. The molecular weight excluding hydrogens is 619 g/mol. The number of benzene rings is 1. The average Bonchev–Trinajstić information content (AvgIpc) is 3.80. The van der Waals surface area contributed by atoms with Crippen LogP contribution in [0.4, 0.5) is 29.9 Å². The number of carbonyl (C=O) groups excluding carboxylic acids is 1. The second kappa shape index (κ2) is 13.5. The zero-order valence-corrected chi connectivity index (χ0v) is 26.9. The van der Waals surface area contributed by atoms with E-state index in [-0.39, 0.29) is 30.8 Å². The molecule has 0 bridgehead atoms. The van der Waals surface area contributed by atoms with Crippen molar-refractivity contribution in [2.45, 2.75) is 76.7 Å². The summed E-state index contributed by atoms with van der Waals surface area (Å²) in [4.78, 5) is 27.1. The largest absolute Gasteiger partial charge is 0.487 e. The lowest BCUT2D eigenvalue weighted by molar-refractivity contribution is 0.0504. The molecule has 3 saturated heterocycles. The molecule has 13 nitrogen and oxygen atoms in total. The van der Waals surface area contributed by atoms with Gasteiger partial charge in [-0.05, 0) is 69.7 Å². The molecule has 3 fully saturated rings. The Kier molecular flexibility index (Phi) is 9.39. The Morgan fingerprint density at radius 1 is 1.00 bits per heavy atom. The van der Waals surface area contributed by atoms with Crippen LogP contribution in [0.15, 0.2) is 24.5 Å². The summed E-state index contributed by atoms with van der Waals surface area (Å²) in [5.41, 5.74) is -0.821. The van der Waals surface area contributed by atoms with Gasteiger partial charge in [0.2, 0.25) is 5.95 Å². The molecule has 1 N–H and O–H groups in total. The normalized spacial score (nSPS) is 22.8. The molecule has 47 heavy (non-hydrogen) atoms. The van der Waals surface area contributed by atoms with E-state index in [0.29, 0.717) is 42.8 Å². The Bertz CT molecular complexity index is 1540. The molecule has 5 heterocycles. The minimum Gasteiger partial charge on any atom is -0.487 e. The van der Waals surface area contributed by atoms with Crippen molar-refractivity contribution in [3.05, 3.63) is 47.5 Å². The predicted molar refractivity (Wildman–Crippen MR) is 164 cm³/mol. The highest BCUT2D eigenvalue weighted by atomic mass is 19.2. The summed E-state index contributed by atoms with van der Waals surface area (Å²) < 4.78 is 59.7. The van der Waals surface area contributed by atoms with Gasteiger partial charge >= 0.3 is 6.09 Å². The topological polar surface area (TPSA) is 133 Å². The molecule has 0 radical (unpaired) electrons. The maximum absolute atomic E-state index is 14.9. The van der Waals surface area contributed by atoms with Crippen LogP contribution >= 0.6 is 0 Å². The molecule has 2 aromatic heterocycles. The molecule has 3 aliphatic rings. The van der Waals surface area contributed by atoms with Gasteiger partial charge < -0.3 is 29.3 Å². The molecule has 0 saturated carbocycles. The minimum atomic E-state index is -1.28. The Hall–Kier alpha value is -4.21. The van der Waals surface area contributed by atoms with E-state index in [1.54, 1.807) is 42.9 Å². The summed E-state index contributed by atoms with van der Waals surface area (Å²) in [6, 6.07) is 0.796. The van der Waals surface area contributed by atoms with Crippen molar-refractivity contribution in [2.24, 2.45) is 5.92 Å². The smallest absolute Gasteiger partial charge is 0.407 e. The van der Waals surface area contributed by atoms with E-state index in [0.717, 1.165) is 38.4 Å². The Morgan fingerprint density at radius 2 is 1.72 bits per heavy atom. The predicted octanol–water partition coefficient (Wildman–Crippen LogP) is 4.02. The van der Waals surface area contributed by atoms with Crippen LogP contribution in [-0.4, -0.2) is 93.4 Å². The third-order valence-electron chi connectivity index (χ3n) is 8.82. The number of amides is 1. The van der Waals surface area contributed by atoms with Crippen LogP contribution < -0.4 is 19.9 Å². The molecule has 1 amide bonds. The first-order valence-electron chi connectivity index (χ1n) is 15.9. The van der Waals surface area contributed by atoms with Gasteiger partial charge in [0.25, 0.3) is 5.95 Å². The molecule has 0 aliphatic carbocycles. The molecule has 16 heteroatoms. The number of anilines is 2. The number of rotatable bonds is 8. The summed E-state index contributed by atoms with van der Waals surface area (Å²) in [5.74, 6) is -2.33. The first kappa shape index (κ1) is 32.7. The standard InChI is InChI=1S/C31H40F3N9O4/c1-18(19-5-8-41(9-6-19)29-38-40-43(39-29)20-7-10-45-17-20)46-21-13-35-28(36-14-21)42-15-23(22-11-25(33)26(34)12-24(22)32)27(16-42)37-30(44)47-31(2,3)4/h11-14,18-20,23,27H,5-10,15-17H2,1-4H3,(H,37,44)/t18-,20-,23+,27-/m0/s1. The second-order valence-electron chi connectivity index (χ2n) is 13.3. The summed E-state index contributed by atoms with van der Waals surface area (Å²) >= 11 is 0. The molecule has 254 valence electrons. The van der Waals surface area contributed by atoms with Gasteiger partial charge in [0.1, 0.15) is 11.4 Å². The first-order chi connectivity index (χ1) is 22.4. The van der Waals surface area contributed by atoms with Crippen molar-refractivity contribution in [2.75, 3.05) is 49.2 Å². The van der Waals surface area contributed by atoms with Crippen LogP contribution in [0.3, 0.4) is 0 Å². The molecule has 3 aromatic rings. The van der Waals surface area contributed by atoms with Gasteiger partial charge in [-0.2, -0.15) is 4.80 Å². The number of aromatic nitrogens is 6. The van der Waals surface area contributed by atoms with Crippen molar-refractivity contribution in [3.8, 4) is 5.75 Å². The van der Waals surface area contributed by atoms with Gasteiger partial charge in [-0.25, -0.2) is 27.9 Å². The number of hydrogen-bond donors (Lipinski definition) is 1. The van der Waals surface area contributed by atoms with Crippen molar-refractivity contribution in [1.29, 1.82) is 0 Å². The fourth-order valence-corrected chi connectivity index (χ4v) is 6.33. The van der Waals surface area contributed by atoms with Crippen LogP contribution in [0.25, 0.3) is 0 Å². The number of halogens is 3. The van der Waals surface area contributed by atoms with E-state index >= 15 is 0 Å². The van der Waals surface area contributed by atoms with Crippen molar-refractivity contribution < 1.29 is 32.2 Å². The number of carbonyl (C=O) groups is 1. The zero-order valence-electron chi connectivity index (χ0n) is 26.9. The highest BCUT2D eigenvalue weighted by Crippen LogP contribution is 2.33. The maximum Gasteiger partial charge on any atom is 0.407 e. The molecule has 4 atom stereocenters. The SMILES string of the molecule is C[C@H](Oc1cnc(N2C[C@H](NC(=O)OC(C)(C)C)[C@@H](c3cc(F)c(F)cc3F)C2)nc1)C1CCN(c2nnn([C@H]3CCOC3)n2)CC1. The van der Waals surface area contributed by atoms with Crippen LogP contribution in [-0.2, 0) is 9.47 Å². The lowest BCUT2D eigenvalue weighted by Crippen LogP contribution is -2.43. The summed E-state index contributed by atoms with van der Waals surface area (Å²) in [5, 5.41) is 15.8. The number of nitrogens with one attached hydrogen (secondary N) is 1. The number of nitrogens with zero attached hydrogens (tertiary/aromatic N) is 8. The van der Waals surface area contributed by atoms with Crippen molar-refractivity contribution in [3.63, 3.8) is 0 Å². The third-order valence-corrected chi connectivity index (χ3v) is 8.82. The quantitative estimate of drug-likeness (QED) is 0.352. The lowest BCUT2D eigenvalue weighted by Gasteiger charge is -2.34. The van der Waals surface area contributed by atoms with Crippen LogP contribution in [0.2, 0.25) is 0 Å². The van der Waals surface area contributed by atoms with E-state index in [2.05, 4.69) is 35.6 Å². The Balaban J connectivity index is 1.06. The fraction of sp³-hybridized carbons (Fsp3) is 0.613. The summed E-state index contributed by atoms with van der Waals surface area (Å²) in [6.45, 7) is 10.4. The molecule has 3 aliphatic heterocycles. The molecule has 0 unspecified atom stereocenters. The Morgan fingerprint density at radius 3 is 2.40 bits per heavy atom. The van der Waals surface area contributed by atoms with Crippen molar-refractivity contribution >= 4 is 18.0 Å². The zero-order chi connectivity index (χ0) is 33.3. The fourth-order valence-electron chi connectivity index (χ4n) is 6.33. The molecule has 6 rings (SSSR count). The van der Waals surface area contributed by atoms with Gasteiger partial charge in [-0.15, -0.1) is 5.10 Å². The van der Waals surface area contributed by atoms with E-state index in [9.17, 15) is 18.0 Å². The first-order valence-corrected chi connectivity index (χ1v) is 15.9. The van der Waals surface area contributed by atoms with E-state index in [1.807, 2.05) is 6.92 Å². The summed E-state index contributed by atoms with van der Waals surface area (Å²) in [6.07, 6.45) is 5.02. The molecular formula is C31H40F3N9O4. The lowest BCUT2D eigenvalue weighted by atomic mass is 9.92. The average molecular weight is 660 g/mol. The van der Waals surface area contributed by atoms with Gasteiger partial charge in [-0.3, -0.25) is 0 Å². The summed E-state index contributed by atoms with van der Waals surface area (Å²) in [7, 11) is 0. The highest BCUT2D eigenvalue weighted by molar-refractivity contribution is 5.68. The Labute approximate surface area is 270 Å². The number of hydrogen-bond acceptors (Lipinski definition) is 11. The number of piperidine rings is 1. The maximum atomic E-state index is 14.9. The van der Waals surface area contributed by atoms with E-state index in [4.69, 9.17) is 14.2 Å².